The van der Waals surface area contributed by atoms with Crippen molar-refractivity contribution in [1.82, 2.24) is 14.6 Å². The quantitative estimate of drug-likeness (QED) is 0.613. The van der Waals surface area contributed by atoms with Crippen LogP contribution in [0.5, 0.6) is 0 Å². The van der Waals surface area contributed by atoms with E-state index in [0.29, 0.717) is 0 Å². The maximum absolute atomic E-state index is 4.26. The van der Waals surface area contributed by atoms with Gasteiger partial charge in [0.15, 0.2) is 0 Å². The van der Waals surface area contributed by atoms with E-state index in [4.69, 9.17) is 0 Å². The molecule has 3 rings (SSSR count). The predicted molar refractivity (Wildman–Crippen MR) is 54.2 cm³/mol. The molecule has 0 unspecified atom stereocenters. The molecule has 3 nitrogen and oxygen atoms in total. The Balaban J connectivity index is 2.33. The van der Waals surface area contributed by atoms with E-state index < -0.39 is 0 Å². The molecular formula is C8H5N3S2. The molecule has 0 amide bonds. The van der Waals surface area contributed by atoms with Crippen molar-refractivity contribution in [3.05, 3.63) is 28.5 Å². The van der Waals surface area contributed by atoms with Gasteiger partial charge in [-0.15, -0.1) is 0 Å². The molecule has 3 aromatic rings. The molecule has 0 aliphatic heterocycles. The zero-order valence-corrected chi connectivity index (χ0v) is 8.18. The Morgan fingerprint density at radius 1 is 1.38 bits per heavy atom. The highest BCUT2D eigenvalue weighted by Gasteiger charge is 2.07. The van der Waals surface area contributed by atoms with Crippen LogP contribution >= 0.6 is 22.7 Å². The number of nitrogens with zero attached hydrogens (tertiary/aromatic N) is 3. The summed E-state index contributed by atoms with van der Waals surface area (Å²) >= 11 is 3.23. The van der Waals surface area contributed by atoms with Gasteiger partial charge in [0.1, 0.15) is 5.51 Å². The lowest BCUT2D eigenvalue weighted by Crippen LogP contribution is -1.84. The van der Waals surface area contributed by atoms with Crippen molar-refractivity contribution in [2.24, 2.45) is 0 Å². The maximum atomic E-state index is 4.26. The van der Waals surface area contributed by atoms with Gasteiger partial charge in [-0.1, -0.05) is 11.3 Å². The second kappa shape index (κ2) is 2.65. The topological polar surface area (TPSA) is 30.2 Å². The van der Waals surface area contributed by atoms with Crippen molar-refractivity contribution in [3.8, 4) is 11.3 Å². The highest BCUT2D eigenvalue weighted by Crippen LogP contribution is 2.23. The Bertz CT molecular complexity index is 520. The van der Waals surface area contributed by atoms with E-state index in [2.05, 4.69) is 26.9 Å². The van der Waals surface area contributed by atoms with E-state index in [1.807, 2.05) is 10.7 Å². The molecule has 0 fully saturated rings. The molecule has 0 aromatic carbocycles. The predicted octanol–water partition coefficient (Wildman–Crippen LogP) is 2.52. The van der Waals surface area contributed by atoms with Gasteiger partial charge in [0.2, 0.25) is 4.96 Å². The smallest absolute Gasteiger partial charge is 0.212 e. The molecule has 0 N–H and O–H groups in total. The maximum Gasteiger partial charge on any atom is 0.212 e. The average molecular weight is 207 g/mol. The Morgan fingerprint density at radius 2 is 2.38 bits per heavy atom. The molecule has 0 radical (unpaired) electrons. The summed E-state index contributed by atoms with van der Waals surface area (Å²) in [7, 11) is 0. The third-order valence-electron chi connectivity index (χ3n) is 1.84. The summed E-state index contributed by atoms with van der Waals surface area (Å²) < 4.78 is 1.87. The fraction of sp³-hybridized carbons (Fsp3) is 0. The SMILES string of the molecule is c1cc(-c2cnc3scnn23)cs1. The summed E-state index contributed by atoms with van der Waals surface area (Å²) in [6, 6.07) is 2.08. The van der Waals surface area contributed by atoms with E-state index in [1.54, 1.807) is 28.2 Å². The van der Waals surface area contributed by atoms with Gasteiger partial charge < -0.3 is 0 Å². The van der Waals surface area contributed by atoms with E-state index in [0.717, 1.165) is 10.7 Å². The summed E-state index contributed by atoms with van der Waals surface area (Å²) in [5.41, 5.74) is 4.05. The zero-order valence-electron chi connectivity index (χ0n) is 6.54. The van der Waals surface area contributed by atoms with Gasteiger partial charge in [-0.2, -0.15) is 16.4 Å². The monoisotopic (exact) mass is 207 g/mol. The summed E-state index contributed by atoms with van der Waals surface area (Å²) in [6.45, 7) is 0. The number of thiophene rings is 1. The van der Waals surface area contributed by atoms with Crippen LogP contribution in [0, 0.1) is 0 Å². The molecule has 64 valence electrons. The summed E-state index contributed by atoms with van der Waals surface area (Å²) in [5, 5.41) is 8.37. The second-order valence-electron chi connectivity index (χ2n) is 2.59. The normalized spacial score (nSPS) is 11.1. The van der Waals surface area contributed by atoms with Crippen molar-refractivity contribution in [3.63, 3.8) is 0 Å². The highest BCUT2D eigenvalue weighted by molar-refractivity contribution is 7.14. The Morgan fingerprint density at radius 3 is 3.23 bits per heavy atom. The minimum atomic E-state index is 0.946. The van der Waals surface area contributed by atoms with Crippen LogP contribution in [0.25, 0.3) is 16.2 Å². The number of aromatic nitrogens is 3. The van der Waals surface area contributed by atoms with Gasteiger partial charge in [-0.05, 0) is 11.4 Å². The molecule has 0 aliphatic rings. The van der Waals surface area contributed by atoms with Crippen LogP contribution in [0.1, 0.15) is 0 Å². The highest BCUT2D eigenvalue weighted by atomic mass is 32.1. The summed E-state index contributed by atoms with van der Waals surface area (Å²) in [6.07, 6.45) is 1.86. The molecule has 0 saturated carbocycles. The number of imidazole rings is 1. The van der Waals surface area contributed by atoms with Gasteiger partial charge in [0.25, 0.3) is 0 Å². The van der Waals surface area contributed by atoms with Crippen molar-refractivity contribution >= 4 is 27.6 Å². The lowest BCUT2D eigenvalue weighted by atomic mass is 10.3. The number of fused-ring (bicyclic) bond motifs is 1. The van der Waals surface area contributed by atoms with Crippen LogP contribution in [0.15, 0.2) is 28.5 Å². The van der Waals surface area contributed by atoms with Gasteiger partial charge >= 0.3 is 0 Å². The number of hydrogen-bond donors (Lipinski definition) is 0. The molecule has 13 heavy (non-hydrogen) atoms. The minimum Gasteiger partial charge on any atom is -0.225 e. The van der Waals surface area contributed by atoms with E-state index >= 15 is 0 Å². The van der Waals surface area contributed by atoms with Crippen LogP contribution < -0.4 is 0 Å². The minimum absolute atomic E-state index is 0.946. The van der Waals surface area contributed by atoms with Crippen molar-refractivity contribution < 1.29 is 0 Å². The molecule has 0 atom stereocenters. The summed E-state index contributed by atoms with van der Waals surface area (Å²) in [4.78, 5) is 5.20. The van der Waals surface area contributed by atoms with Gasteiger partial charge in [-0.3, -0.25) is 0 Å². The first kappa shape index (κ1) is 7.23. The fourth-order valence-electron chi connectivity index (χ4n) is 1.25. The van der Waals surface area contributed by atoms with Crippen LogP contribution in [-0.2, 0) is 0 Å². The Hall–Kier alpha value is -1.20. The van der Waals surface area contributed by atoms with Crippen LogP contribution in [-0.4, -0.2) is 14.6 Å². The fourth-order valence-corrected chi connectivity index (χ4v) is 2.49. The van der Waals surface area contributed by atoms with Crippen LogP contribution in [0.2, 0.25) is 0 Å². The molecule has 0 spiro atoms. The third kappa shape index (κ3) is 1.01. The molecular weight excluding hydrogens is 202 g/mol. The van der Waals surface area contributed by atoms with E-state index in [9.17, 15) is 0 Å². The molecule has 0 aliphatic carbocycles. The molecule has 3 aromatic heterocycles. The second-order valence-corrected chi connectivity index (χ2v) is 4.18. The first-order valence-corrected chi connectivity index (χ1v) is 5.57. The molecule has 5 heteroatoms. The van der Waals surface area contributed by atoms with Gasteiger partial charge in [0, 0.05) is 10.9 Å². The first-order chi connectivity index (χ1) is 6.45. The molecule has 0 saturated heterocycles. The summed E-state index contributed by atoms with van der Waals surface area (Å²) in [5.74, 6) is 0. The lowest BCUT2D eigenvalue weighted by molar-refractivity contribution is 0.981. The molecule has 0 bridgehead atoms. The lowest BCUT2D eigenvalue weighted by Gasteiger charge is -1.90. The first-order valence-electron chi connectivity index (χ1n) is 3.75. The Kier molecular flexibility index (Phi) is 1.47. The zero-order chi connectivity index (χ0) is 8.67. The number of hydrogen-bond acceptors (Lipinski definition) is 4. The standard InChI is InChI=1S/C8H5N3S2/c1-2-12-4-6(1)7-3-9-8-11(7)10-5-13-8/h1-5H. The van der Waals surface area contributed by atoms with Crippen molar-refractivity contribution in [1.29, 1.82) is 0 Å². The van der Waals surface area contributed by atoms with Gasteiger partial charge in [-0.25, -0.2) is 9.50 Å². The average Bonchev–Trinajstić information content (AvgIpc) is 2.79. The van der Waals surface area contributed by atoms with Crippen molar-refractivity contribution in [2.75, 3.05) is 0 Å². The van der Waals surface area contributed by atoms with E-state index in [1.165, 1.54) is 5.56 Å². The number of rotatable bonds is 1. The van der Waals surface area contributed by atoms with Gasteiger partial charge in [0.05, 0.1) is 11.9 Å². The van der Waals surface area contributed by atoms with Crippen molar-refractivity contribution in [2.45, 2.75) is 0 Å². The third-order valence-corrected chi connectivity index (χ3v) is 3.22. The molecule has 3 heterocycles. The van der Waals surface area contributed by atoms with E-state index in [-0.39, 0.29) is 0 Å². The Labute approximate surface area is 82.3 Å². The van der Waals surface area contributed by atoms with Crippen LogP contribution in [0.4, 0.5) is 0 Å². The van der Waals surface area contributed by atoms with Crippen LogP contribution in [0.3, 0.4) is 0 Å². The largest absolute Gasteiger partial charge is 0.225 e.